The van der Waals surface area contributed by atoms with Gasteiger partial charge >= 0.3 is 0 Å². The minimum atomic E-state index is -1.75. The number of aliphatic hydroxyl groups excluding tert-OH is 3. The van der Waals surface area contributed by atoms with Crippen molar-refractivity contribution in [2.24, 2.45) is 0 Å². The zero-order valence-electron chi connectivity index (χ0n) is 23.3. The third-order valence-electron chi connectivity index (χ3n) is 6.68. The SMILES string of the molecule is CCCC/C=C\CCCCCCCC(=O)C(O)C(O)C(O)C(=O)CCCCCCC/C=C\CCCC. The fourth-order valence-electron chi connectivity index (χ4n) is 4.15. The smallest absolute Gasteiger partial charge is 0.164 e. The molecule has 0 spiro atoms. The van der Waals surface area contributed by atoms with Crippen molar-refractivity contribution in [2.45, 2.75) is 161 Å². The van der Waals surface area contributed by atoms with Crippen molar-refractivity contribution in [3.63, 3.8) is 0 Å². The van der Waals surface area contributed by atoms with Crippen LogP contribution in [0, 0.1) is 0 Å². The lowest BCUT2D eigenvalue weighted by Gasteiger charge is -2.21. The van der Waals surface area contributed by atoms with Gasteiger partial charge in [-0.1, -0.05) is 102 Å². The van der Waals surface area contributed by atoms with Crippen LogP contribution in [0.5, 0.6) is 0 Å². The second-order valence-electron chi connectivity index (χ2n) is 10.2. The molecular formula is C31H56O5. The van der Waals surface area contributed by atoms with Crippen molar-refractivity contribution >= 4 is 11.6 Å². The molecule has 0 saturated carbocycles. The molecule has 0 radical (unpaired) electrons. The second kappa shape index (κ2) is 25.4. The predicted molar refractivity (Wildman–Crippen MR) is 150 cm³/mol. The Balaban J connectivity index is 3.85. The molecule has 0 amide bonds. The third kappa shape index (κ3) is 19.8. The Hall–Kier alpha value is -1.30. The number of hydrogen-bond acceptors (Lipinski definition) is 5. The van der Waals surface area contributed by atoms with Gasteiger partial charge in [-0.3, -0.25) is 9.59 Å². The summed E-state index contributed by atoms with van der Waals surface area (Å²) in [6.45, 7) is 4.39. The molecule has 3 N–H and O–H groups in total. The number of allylic oxidation sites excluding steroid dienone is 4. The Morgan fingerprint density at radius 3 is 1.17 bits per heavy atom. The molecule has 0 aromatic carbocycles. The number of unbranched alkanes of at least 4 members (excludes halogenated alkanes) is 14. The summed E-state index contributed by atoms with van der Waals surface area (Å²) in [5.41, 5.74) is 0. The first-order chi connectivity index (χ1) is 17.5. The van der Waals surface area contributed by atoms with Crippen molar-refractivity contribution in [1.82, 2.24) is 0 Å². The van der Waals surface area contributed by atoms with Gasteiger partial charge in [0.1, 0.15) is 18.3 Å². The van der Waals surface area contributed by atoms with E-state index in [4.69, 9.17) is 0 Å². The van der Waals surface area contributed by atoms with Crippen LogP contribution < -0.4 is 0 Å². The summed E-state index contributed by atoms with van der Waals surface area (Å²) in [5, 5.41) is 30.3. The second-order valence-corrected chi connectivity index (χ2v) is 10.2. The summed E-state index contributed by atoms with van der Waals surface area (Å²) >= 11 is 0. The minimum absolute atomic E-state index is 0.157. The van der Waals surface area contributed by atoms with Gasteiger partial charge in [-0.25, -0.2) is 0 Å². The Bertz CT molecular complexity index is 534. The normalized spacial score (nSPS) is 14.5. The first kappa shape index (κ1) is 34.7. The molecule has 0 aromatic heterocycles. The molecule has 0 fully saturated rings. The van der Waals surface area contributed by atoms with Crippen LogP contribution in [-0.4, -0.2) is 45.2 Å². The topological polar surface area (TPSA) is 94.8 Å². The molecule has 0 bridgehead atoms. The van der Waals surface area contributed by atoms with Gasteiger partial charge in [-0.15, -0.1) is 0 Å². The standard InChI is InChI=1S/C31H56O5/c1-3-5-7-9-11-13-15-17-19-21-23-25-27(32)29(34)31(36)30(35)28(33)26-24-22-20-18-16-14-12-10-8-6-4-2/h9-12,29-31,34-36H,3-8,13-26H2,1-2H3/b11-9-,12-10-. The lowest BCUT2D eigenvalue weighted by Crippen LogP contribution is -2.45. The van der Waals surface area contributed by atoms with Gasteiger partial charge in [-0.2, -0.15) is 0 Å². The molecule has 0 aliphatic carbocycles. The van der Waals surface area contributed by atoms with Crippen molar-refractivity contribution in [3.8, 4) is 0 Å². The zero-order valence-corrected chi connectivity index (χ0v) is 23.3. The number of Topliss-reactive ketones (excluding diaryl/α,β-unsaturated/α-hetero) is 2. The van der Waals surface area contributed by atoms with Gasteiger partial charge in [0.05, 0.1) is 0 Å². The summed E-state index contributed by atoms with van der Waals surface area (Å²) in [7, 11) is 0. The van der Waals surface area contributed by atoms with Gasteiger partial charge < -0.3 is 15.3 Å². The molecule has 2 atom stereocenters. The molecule has 0 aromatic rings. The van der Waals surface area contributed by atoms with Crippen LogP contribution in [0.3, 0.4) is 0 Å². The van der Waals surface area contributed by atoms with Crippen LogP contribution in [0.2, 0.25) is 0 Å². The number of hydrogen-bond donors (Lipinski definition) is 3. The lowest BCUT2D eigenvalue weighted by molar-refractivity contribution is -0.146. The van der Waals surface area contributed by atoms with Crippen molar-refractivity contribution in [1.29, 1.82) is 0 Å². The van der Waals surface area contributed by atoms with E-state index in [1.165, 1.54) is 25.7 Å². The monoisotopic (exact) mass is 508 g/mol. The van der Waals surface area contributed by atoms with E-state index in [1.54, 1.807) is 0 Å². The zero-order chi connectivity index (χ0) is 26.9. The fourth-order valence-corrected chi connectivity index (χ4v) is 4.15. The van der Waals surface area contributed by atoms with Gasteiger partial charge in [0, 0.05) is 12.8 Å². The van der Waals surface area contributed by atoms with E-state index in [9.17, 15) is 24.9 Å². The van der Waals surface area contributed by atoms with E-state index in [0.29, 0.717) is 12.8 Å². The number of aliphatic hydroxyl groups is 3. The van der Waals surface area contributed by atoms with Gasteiger partial charge in [-0.05, 0) is 51.4 Å². The van der Waals surface area contributed by atoms with Crippen LogP contribution in [0.1, 0.15) is 142 Å². The van der Waals surface area contributed by atoms with Crippen LogP contribution in [0.25, 0.3) is 0 Å². The molecule has 0 saturated heterocycles. The van der Waals surface area contributed by atoms with Gasteiger partial charge in [0.2, 0.25) is 0 Å². The highest BCUT2D eigenvalue weighted by Gasteiger charge is 2.33. The van der Waals surface area contributed by atoms with Crippen molar-refractivity contribution in [2.75, 3.05) is 0 Å². The van der Waals surface area contributed by atoms with E-state index in [0.717, 1.165) is 77.0 Å². The first-order valence-corrected chi connectivity index (χ1v) is 14.8. The van der Waals surface area contributed by atoms with Crippen molar-refractivity contribution < 1.29 is 24.9 Å². The molecule has 5 heteroatoms. The van der Waals surface area contributed by atoms with Crippen LogP contribution >= 0.6 is 0 Å². The molecule has 36 heavy (non-hydrogen) atoms. The van der Waals surface area contributed by atoms with E-state index < -0.39 is 29.9 Å². The molecule has 0 rings (SSSR count). The summed E-state index contributed by atoms with van der Waals surface area (Å²) in [6.07, 6.45) is 23.3. The summed E-state index contributed by atoms with van der Waals surface area (Å²) < 4.78 is 0. The maximum Gasteiger partial charge on any atom is 0.164 e. The fraction of sp³-hybridized carbons (Fsp3) is 0.806. The number of rotatable bonds is 26. The lowest BCUT2D eigenvalue weighted by atomic mass is 9.95. The Morgan fingerprint density at radius 1 is 0.500 bits per heavy atom. The number of ketones is 2. The number of carbonyl (C=O) groups is 2. The predicted octanol–water partition coefficient (Wildman–Crippen LogP) is 7.16. The average molecular weight is 509 g/mol. The Labute approximate surface area is 221 Å². The highest BCUT2D eigenvalue weighted by atomic mass is 16.4. The summed E-state index contributed by atoms with van der Waals surface area (Å²) in [4.78, 5) is 24.4. The van der Waals surface area contributed by atoms with E-state index in [2.05, 4.69) is 38.2 Å². The first-order valence-electron chi connectivity index (χ1n) is 14.8. The maximum atomic E-state index is 12.2. The van der Waals surface area contributed by atoms with Crippen LogP contribution in [-0.2, 0) is 9.59 Å². The van der Waals surface area contributed by atoms with E-state index in [1.807, 2.05) is 0 Å². The van der Waals surface area contributed by atoms with Gasteiger partial charge in [0.15, 0.2) is 11.6 Å². The average Bonchev–Trinajstić information content (AvgIpc) is 2.88. The molecule has 210 valence electrons. The van der Waals surface area contributed by atoms with Crippen molar-refractivity contribution in [3.05, 3.63) is 24.3 Å². The van der Waals surface area contributed by atoms with E-state index in [-0.39, 0.29) is 12.8 Å². The quantitative estimate of drug-likeness (QED) is 0.0851. The largest absolute Gasteiger partial charge is 0.387 e. The molecule has 0 heterocycles. The molecule has 5 nitrogen and oxygen atoms in total. The van der Waals surface area contributed by atoms with Crippen LogP contribution in [0.15, 0.2) is 24.3 Å². The highest BCUT2D eigenvalue weighted by Crippen LogP contribution is 2.14. The molecule has 2 unspecified atom stereocenters. The number of carbonyl (C=O) groups excluding carboxylic acids is 2. The van der Waals surface area contributed by atoms with E-state index >= 15 is 0 Å². The highest BCUT2D eigenvalue weighted by molar-refractivity contribution is 5.87. The van der Waals surface area contributed by atoms with Gasteiger partial charge in [0.25, 0.3) is 0 Å². The minimum Gasteiger partial charge on any atom is -0.387 e. The molecule has 0 aliphatic heterocycles. The summed E-state index contributed by atoms with van der Waals surface area (Å²) in [5.74, 6) is -1.01. The molecular weight excluding hydrogens is 452 g/mol. The Kier molecular flexibility index (Phi) is 24.4. The maximum absolute atomic E-state index is 12.2. The Morgan fingerprint density at radius 2 is 0.806 bits per heavy atom. The van der Waals surface area contributed by atoms with Crippen LogP contribution in [0.4, 0.5) is 0 Å². The summed E-state index contributed by atoms with van der Waals surface area (Å²) in [6, 6.07) is 0. The molecule has 0 aliphatic rings. The third-order valence-corrected chi connectivity index (χ3v) is 6.68.